The fourth-order valence-corrected chi connectivity index (χ4v) is 4.92. The second kappa shape index (κ2) is 9.46. The van der Waals surface area contributed by atoms with Gasteiger partial charge in [0.2, 0.25) is 11.8 Å². The van der Waals surface area contributed by atoms with E-state index in [0.29, 0.717) is 17.9 Å². The van der Waals surface area contributed by atoms with Crippen LogP contribution < -0.4 is 11.1 Å². The zero-order chi connectivity index (χ0) is 22.7. The maximum Gasteiger partial charge on any atom is 0.247 e. The van der Waals surface area contributed by atoms with E-state index >= 15 is 0 Å². The van der Waals surface area contributed by atoms with Crippen LogP contribution >= 0.6 is 0 Å². The highest BCUT2D eigenvalue weighted by atomic mass is 16.5. The Kier molecular flexibility index (Phi) is 6.67. The maximum absolute atomic E-state index is 13.0. The van der Waals surface area contributed by atoms with E-state index in [-0.39, 0.29) is 24.3 Å². The number of primary amides is 1. The Morgan fingerprint density at radius 2 is 1.94 bits per heavy atom. The summed E-state index contributed by atoms with van der Waals surface area (Å²) in [5.41, 5.74) is 7.35. The molecule has 1 fully saturated rings. The minimum absolute atomic E-state index is 0.0469. The van der Waals surface area contributed by atoms with Gasteiger partial charge in [-0.3, -0.25) is 14.5 Å². The molecule has 172 valence electrons. The van der Waals surface area contributed by atoms with Crippen LogP contribution in [0.5, 0.6) is 0 Å². The summed E-state index contributed by atoms with van der Waals surface area (Å²) >= 11 is 0. The average Bonchev–Trinajstić information content (AvgIpc) is 3.14. The second-order valence-corrected chi connectivity index (χ2v) is 9.10. The molecule has 2 amide bonds. The van der Waals surface area contributed by atoms with Crippen molar-refractivity contribution < 1.29 is 19.1 Å². The van der Waals surface area contributed by atoms with Crippen LogP contribution in [-0.4, -0.2) is 62.2 Å². The van der Waals surface area contributed by atoms with Crippen LogP contribution in [0.15, 0.2) is 53.3 Å². The van der Waals surface area contributed by atoms with Gasteiger partial charge >= 0.3 is 0 Å². The van der Waals surface area contributed by atoms with E-state index in [4.69, 9.17) is 15.2 Å². The molecule has 3 N–H and O–H groups in total. The summed E-state index contributed by atoms with van der Waals surface area (Å²) in [5.74, 6) is -0.0569. The first kappa shape index (κ1) is 22.6. The molecule has 7 heteroatoms. The standard InChI is InChI=1S/C25H33N3O4/c1-17-21(18-7-4-3-5-8-18)20-15-19(16-25(2,24(26)30)22(20)32-17)23(29)27-9-6-10-28-11-13-31-14-12-28/h3-5,7-8,15,17,21H,6,9-14,16H2,1-2H3,(H2,26,30)(H,27,29). The predicted octanol–water partition coefficient (Wildman–Crippen LogP) is 2.10. The number of hydrogen-bond donors (Lipinski definition) is 2. The summed E-state index contributed by atoms with van der Waals surface area (Å²) in [4.78, 5) is 27.9. The first-order valence-corrected chi connectivity index (χ1v) is 11.4. The van der Waals surface area contributed by atoms with Gasteiger partial charge in [0.25, 0.3) is 0 Å². The maximum atomic E-state index is 13.0. The molecule has 2 heterocycles. The third kappa shape index (κ3) is 4.45. The molecule has 3 atom stereocenters. The van der Waals surface area contributed by atoms with E-state index < -0.39 is 11.3 Å². The van der Waals surface area contributed by atoms with E-state index in [1.165, 1.54) is 0 Å². The number of amides is 2. The summed E-state index contributed by atoms with van der Waals surface area (Å²) < 4.78 is 11.6. The third-order valence-electron chi connectivity index (χ3n) is 6.78. The van der Waals surface area contributed by atoms with Gasteiger partial charge in [-0.2, -0.15) is 0 Å². The molecule has 2 aliphatic heterocycles. The largest absolute Gasteiger partial charge is 0.493 e. The van der Waals surface area contributed by atoms with Gasteiger partial charge in [-0.05, 0) is 44.9 Å². The van der Waals surface area contributed by atoms with Crippen molar-refractivity contribution in [3.8, 4) is 0 Å². The van der Waals surface area contributed by atoms with Gasteiger partial charge in [-0.1, -0.05) is 30.3 Å². The van der Waals surface area contributed by atoms with Crippen molar-refractivity contribution in [3.05, 3.63) is 58.9 Å². The number of nitrogens with zero attached hydrogens (tertiary/aromatic N) is 1. The molecule has 7 nitrogen and oxygen atoms in total. The zero-order valence-corrected chi connectivity index (χ0v) is 18.9. The number of carbonyl (C=O) groups is 2. The Labute approximate surface area is 189 Å². The molecule has 0 bridgehead atoms. The number of hydrogen-bond acceptors (Lipinski definition) is 5. The van der Waals surface area contributed by atoms with E-state index in [9.17, 15) is 9.59 Å². The first-order chi connectivity index (χ1) is 15.4. The number of nitrogens with one attached hydrogen (secondary N) is 1. The molecular formula is C25H33N3O4. The quantitative estimate of drug-likeness (QED) is 0.635. The molecule has 1 aliphatic carbocycles. The molecular weight excluding hydrogens is 406 g/mol. The molecule has 1 aromatic rings. The second-order valence-electron chi connectivity index (χ2n) is 9.10. The minimum Gasteiger partial charge on any atom is -0.493 e. The smallest absolute Gasteiger partial charge is 0.247 e. The fourth-order valence-electron chi connectivity index (χ4n) is 4.92. The van der Waals surface area contributed by atoms with Gasteiger partial charge in [0.15, 0.2) is 0 Å². The van der Waals surface area contributed by atoms with E-state index in [1.807, 2.05) is 31.2 Å². The molecule has 0 saturated carbocycles. The van der Waals surface area contributed by atoms with Crippen LogP contribution in [0.2, 0.25) is 0 Å². The lowest BCUT2D eigenvalue weighted by atomic mass is 9.72. The number of carbonyl (C=O) groups excluding carboxylic acids is 2. The monoisotopic (exact) mass is 439 g/mol. The number of ether oxygens (including phenoxy) is 2. The number of benzene rings is 1. The highest BCUT2D eigenvalue weighted by Gasteiger charge is 2.49. The predicted molar refractivity (Wildman–Crippen MR) is 122 cm³/mol. The van der Waals surface area contributed by atoms with Crippen molar-refractivity contribution >= 4 is 11.8 Å². The van der Waals surface area contributed by atoms with Crippen molar-refractivity contribution in [2.75, 3.05) is 39.4 Å². The van der Waals surface area contributed by atoms with E-state index in [1.54, 1.807) is 6.92 Å². The van der Waals surface area contributed by atoms with Gasteiger partial charge in [0, 0.05) is 36.7 Å². The van der Waals surface area contributed by atoms with Crippen molar-refractivity contribution in [1.29, 1.82) is 0 Å². The average molecular weight is 440 g/mol. The highest BCUT2D eigenvalue weighted by molar-refractivity contribution is 5.97. The number of morpholine rings is 1. The van der Waals surface area contributed by atoms with Crippen LogP contribution in [-0.2, 0) is 19.1 Å². The molecule has 0 radical (unpaired) electrons. The van der Waals surface area contributed by atoms with Gasteiger partial charge in [-0.15, -0.1) is 0 Å². The Balaban J connectivity index is 1.50. The normalized spacial score (nSPS) is 28.0. The molecule has 1 saturated heterocycles. The summed E-state index contributed by atoms with van der Waals surface area (Å²) in [5, 5.41) is 3.03. The summed E-state index contributed by atoms with van der Waals surface area (Å²) in [6, 6.07) is 10.1. The van der Waals surface area contributed by atoms with E-state index in [2.05, 4.69) is 22.3 Å². The van der Waals surface area contributed by atoms with Crippen LogP contribution in [0, 0.1) is 5.41 Å². The third-order valence-corrected chi connectivity index (χ3v) is 6.78. The van der Waals surface area contributed by atoms with Crippen molar-refractivity contribution in [2.24, 2.45) is 11.1 Å². The molecule has 32 heavy (non-hydrogen) atoms. The number of rotatable bonds is 7. The number of allylic oxidation sites excluding steroid dienone is 1. The Morgan fingerprint density at radius 3 is 2.62 bits per heavy atom. The summed E-state index contributed by atoms with van der Waals surface area (Å²) in [6.45, 7) is 8.70. The Bertz CT molecular complexity index is 920. The SMILES string of the molecule is CC1OC2=C(C=C(C(=O)NCCCN3CCOCC3)CC2(C)C(N)=O)C1c1ccccc1. The molecule has 1 aromatic carbocycles. The highest BCUT2D eigenvalue weighted by Crippen LogP contribution is 2.51. The van der Waals surface area contributed by atoms with Gasteiger partial charge < -0.3 is 20.5 Å². The fraction of sp³-hybridized carbons (Fsp3) is 0.520. The minimum atomic E-state index is -1.04. The zero-order valence-electron chi connectivity index (χ0n) is 18.9. The molecule has 4 rings (SSSR count). The van der Waals surface area contributed by atoms with Crippen molar-refractivity contribution in [1.82, 2.24) is 10.2 Å². The van der Waals surface area contributed by atoms with Crippen LogP contribution in [0.3, 0.4) is 0 Å². The lowest BCUT2D eigenvalue weighted by molar-refractivity contribution is -0.127. The van der Waals surface area contributed by atoms with Crippen LogP contribution in [0.25, 0.3) is 0 Å². The Morgan fingerprint density at radius 1 is 1.22 bits per heavy atom. The van der Waals surface area contributed by atoms with Crippen molar-refractivity contribution in [3.63, 3.8) is 0 Å². The Hall–Kier alpha value is -2.64. The van der Waals surface area contributed by atoms with Crippen LogP contribution in [0.1, 0.15) is 38.2 Å². The lowest BCUT2D eigenvalue weighted by Gasteiger charge is -2.32. The van der Waals surface area contributed by atoms with Gasteiger partial charge in [0.05, 0.1) is 13.2 Å². The number of nitrogens with two attached hydrogens (primary N) is 1. The summed E-state index contributed by atoms with van der Waals surface area (Å²) in [7, 11) is 0. The molecule has 3 aliphatic rings. The first-order valence-electron chi connectivity index (χ1n) is 11.4. The van der Waals surface area contributed by atoms with Gasteiger partial charge in [0.1, 0.15) is 17.3 Å². The molecule has 0 spiro atoms. The van der Waals surface area contributed by atoms with Crippen LogP contribution in [0.4, 0.5) is 0 Å². The topological polar surface area (TPSA) is 93.9 Å². The lowest BCUT2D eigenvalue weighted by Crippen LogP contribution is -2.41. The molecule has 3 unspecified atom stereocenters. The van der Waals surface area contributed by atoms with Gasteiger partial charge in [-0.25, -0.2) is 0 Å². The van der Waals surface area contributed by atoms with E-state index in [0.717, 1.165) is 50.4 Å². The van der Waals surface area contributed by atoms with Crippen molar-refractivity contribution in [2.45, 2.75) is 38.7 Å². The molecule has 0 aromatic heterocycles. The summed E-state index contributed by atoms with van der Waals surface area (Å²) in [6.07, 6.45) is 2.88.